The first-order chi connectivity index (χ1) is 9.61. The van der Waals surface area contributed by atoms with Crippen molar-refractivity contribution in [2.24, 2.45) is 5.92 Å². The first kappa shape index (κ1) is 14.9. The number of rotatable bonds is 4. The van der Waals surface area contributed by atoms with Gasteiger partial charge in [-0.05, 0) is 43.7 Å². The molecule has 0 spiro atoms. The van der Waals surface area contributed by atoms with Crippen LogP contribution >= 0.6 is 0 Å². The molecule has 0 aliphatic carbocycles. The molecular weight excluding hydrogens is 250 g/mol. The zero-order valence-corrected chi connectivity index (χ0v) is 12.8. The molecule has 1 heterocycles. The predicted molar refractivity (Wildman–Crippen MR) is 80.9 cm³/mol. The third-order valence-electron chi connectivity index (χ3n) is 3.97. The molecule has 3 nitrogen and oxygen atoms in total. The van der Waals surface area contributed by atoms with Crippen LogP contribution in [0.25, 0.3) is 0 Å². The summed E-state index contributed by atoms with van der Waals surface area (Å²) in [7, 11) is 0. The predicted octanol–water partition coefficient (Wildman–Crippen LogP) is 3.27. The van der Waals surface area contributed by atoms with Crippen LogP contribution in [0.5, 0.6) is 5.75 Å². The lowest BCUT2D eigenvalue weighted by Crippen LogP contribution is -2.45. The van der Waals surface area contributed by atoms with E-state index in [9.17, 15) is 4.79 Å². The van der Waals surface area contributed by atoms with Gasteiger partial charge in [-0.3, -0.25) is 4.79 Å². The lowest BCUT2D eigenvalue weighted by molar-refractivity contribution is -0.139. The zero-order valence-electron chi connectivity index (χ0n) is 12.8. The third-order valence-corrected chi connectivity index (χ3v) is 3.97. The van der Waals surface area contributed by atoms with Crippen LogP contribution in [-0.2, 0) is 11.2 Å². The summed E-state index contributed by atoms with van der Waals surface area (Å²) in [6, 6.07) is 7.95. The van der Waals surface area contributed by atoms with Crippen LogP contribution in [-0.4, -0.2) is 30.0 Å². The fraction of sp³-hybridized carbons (Fsp3) is 0.588. The number of carbonyl (C=O) groups is 1. The smallest absolute Gasteiger partial charge is 0.263 e. The number of piperidine rings is 1. The topological polar surface area (TPSA) is 29.5 Å². The molecule has 2 atom stereocenters. The highest BCUT2D eigenvalue weighted by atomic mass is 16.5. The highest BCUT2D eigenvalue weighted by Gasteiger charge is 2.26. The van der Waals surface area contributed by atoms with Crippen LogP contribution in [0.2, 0.25) is 0 Å². The van der Waals surface area contributed by atoms with Gasteiger partial charge in [0.2, 0.25) is 0 Å². The van der Waals surface area contributed by atoms with E-state index in [-0.39, 0.29) is 5.91 Å². The van der Waals surface area contributed by atoms with E-state index in [0.29, 0.717) is 5.92 Å². The quantitative estimate of drug-likeness (QED) is 0.844. The van der Waals surface area contributed by atoms with Crippen LogP contribution in [0.1, 0.15) is 39.2 Å². The number of carbonyl (C=O) groups excluding carboxylic acids is 1. The molecule has 110 valence electrons. The van der Waals surface area contributed by atoms with Gasteiger partial charge < -0.3 is 9.64 Å². The first-order valence-electron chi connectivity index (χ1n) is 7.65. The first-order valence-corrected chi connectivity index (χ1v) is 7.65. The van der Waals surface area contributed by atoms with Gasteiger partial charge >= 0.3 is 0 Å². The van der Waals surface area contributed by atoms with Gasteiger partial charge in [0.1, 0.15) is 5.75 Å². The van der Waals surface area contributed by atoms with Crippen molar-refractivity contribution in [3.63, 3.8) is 0 Å². The average molecular weight is 275 g/mol. The van der Waals surface area contributed by atoms with Crippen molar-refractivity contribution in [2.75, 3.05) is 13.1 Å². The molecule has 0 radical (unpaired) electrons. The van der Waals surface area contributed by atoms with E-state index in [2.05, 4.69) is 19.9 Å². The summed E-state index contributed by atoms with van der Waals surface area (Å²) >= 11 is 0. The van der Waals surface area contributed by atoms with Crippen molar-refractivity contribution >= 4 is 5.91 Å². The van der Waals surface area contributed by atoms with Gasteiger partial charge in [-0.15, -0.1) is 0 Å². The summed E-state index contributed by atoms with van der Waals surface area (Å²) in [5.74, 6) is 1.55. The van der Waals surface area contributed by atoms with Crippen molar-refractivity contribution in [3.8, 4) is 5.75 Å². The van der Waals surface area contributed by atoms with E-state index in [1.807, 2.05) is 30.0 Å². The standard InChI is InChI=1S/C17H25NO2/c1-4-15-9-5-6-10-16(15)20-14(3)17(19)18-11-7-8-13(2)12-18/h5-6,9-10,13-14H,4,7-8,11-12H2,1-3H3/t13-,14-/m0/s1. The Bertz CT molecular complexity index is 458. The lowest BCUT2D eigenvalue weighted by atomic mass is 10.00. The van der Waals surface area contributed by atoms with E-state index in [1.54, 1.807) is 0 Å². The van der Waals surface area contributed by atoms with Gasteiger partial charge in [-0.2, -0.15) is 0 Å². The van der Waals surface area contributed by atoms with E-state index in [0.717, 1.165) is 37.2 Å². The van der Waals surface area contributed by atoms with Gasteiger partial charge in [-0.25, -0.2) is 0 Å². The maximum Gasteiger partial charge on any atom is 0.263 e. The number of para-hydroxylation sites is 1. The summed E-state index contributed by atoms with van der Waals surface area (Å²) in [6.07, 6.45) is 2.83. The Morgan fingerprint density at radius 1 is 1.45 bits per heavy atom. The van der Waals surface area contributed by atoms with Gasteiger partial charge in [0.15, 0.2) is 6.10 Å². The SMILES string of the molecule is CCc1ccccc1O[C@@H](C)C(=O)N1CCC[C@H](C)C1. The third kappa shape index (κ3) is 3.53. The van der Waals surface area contributed by atoms with Crippen molar-refractivity contribution in [1.82, 2.24) is 4.90 Å². The minimum Gasteiger partial charge on any atom is -0.481 e. The summed E-state index contributed by atoms with van der Waals surface area (Å²) in [4.78, 5) is 14.4. The number of aryl methyl sites for hydroxylation is 1. The van der Waals surface area contributed by atoms with Crippen molar-refractivity contribution in [1.29, 1.82) is 0 Å². The molecule has 3 heteroatoms. The molecule has 0 saturated carbocycles. The molecular formula is C17H25NO2. The Kier molecular flexibility index (Phi) is 5.05. The molecule has 0 bridgehead atoms. The number of hydrogen-bond donors (Lipinski definition) is 0. The monoisotopic (exact) mass is 275 g/mol. The van der Waals surface area contributed by atoms with Crippen LogP contribution in [0.15, 0.2) is 24.3 Å². The van der Waals surface area contributed by atoms with E-state index in [4.69, 9.17) is 4.74 Å². The van der Waals surface area contributed by atoms with Gasteiger partial charge in [0.25, 0.3) is 5.91 Å². The molecule has 0 aromatic heterocycles. The van der Waals surface area contributed by atoms with Crippen molar-refractivity contribution in [3.05, 3.63) is 29.8 Å². The second kappa shape index (κ2) is 6.78. The number of amides is 1. The minimum absolute atomic E-state index is 0.113. The van der Waals surface area contributed by atoms with Gasteiger partial charge in [0, 0.05) is 13.1 Å². The maximum atomic E-state index is 12.4. The summed E-state index contributed by atoms with van der Waals surface area (Å²) < 4.78 is 5.90. The Hall–Kier alpha value is -1.51. The molecule has 0 unspecified atom stereocenters. The number of ether oxygens (including phenoxy) is 1. The number of likely N-dealkylation sites (tertiary alicyclic amines) is 1. The molecule has 20 heavy (non-hydrogen) atoms. The van der Waals surface area contributed by atoms with E-state index in [1.165, 1.54) is 6.42 Å². The Balaban J connectivity index is 2.00. The van der Waals surface area contributed by atoms with Gasteiger partial charge in [-0.1, -0.05) is 32.0 Å². The van der Waals surface area contributed by atoms with E-state index >= 15 is 0 Å². The second-order valence-electron chi connectivity index (χ2n) is 5.75. The van der Waals surface area contributed by atoms with Crippen LogP contribution in [0.3, 0.4) is 0 Å². The van der Waals surface area contributed by atoms with Crippen molar-refractivity contribution in [2.45, 2.75) is 46.1 Å². The number of benzene rings is 1. The molecule has 1 aromatic rings. The normalized spacial score (nSPS) is 20.6. The molecule has 1 amide bonds. The fourth-order valence-electron chi connectivity index (χ4n) is 2.80. The molecule has 0 N–H and O–H groups in total. The Morgan fingerprint density at radius 3 is 2.90 bits per heavy atom. The Morgan fingerprint density at radius 2 is 2.20 bits per heavy atom. The van der Waals surface area contributed by atoms with Crippen LogP contribution in [0, 0.1) is 5.92 Å². The fourth-order valence-corrected chi connectivity index (χ4v) is 2.80. The van der Waals surface area contributed by atoms with Gasteiger partial charge in [0.05, 0.1) is 0 Å². The number of nitrogens with zero attached hydrogens (tertiary/aromatic N) is 1. The molecule has 1 aliphatic heterocycles. The molecule has 1 fully saturated rings. The lowest BCUT2D eigenvalue weighted by Gasteiger charge is -2.32. The molecule has 1 aromatic carbocycles. The molecule has 2 rings (SSSR count). The largest absolute Gasteiger partial charge is 0.481 e. The van der Waals surface area contributed by atoms with Crippen molar-refractivity contribution < 1.29 is 9.53 Å². The van der Waals surface area contributed by atoms with Crippen LogP contribution in [0.4, 0.5) is 0 Å². The second-order valence-corrected chi connectivity index (χ2v) is 5.75. The average Bonchev–Trinajstić information content (AvgIpc) is 2.47. The molecule has 1 saturated heterocycles. The summed E-state index contributed by atoms with van der Waals surface area (Å²) in [5.41, 5.74) is 1.15. The number of hydrogen-bond acceptors (Lipinski definition) is 2. The zero-order chi connectivity index (χ0) is 14.5. The van der Waals surface area contributed by atoms with E-state index < -0.39 is 6.10 Å². The highest BCUT2D eigenvalue weighted by molar-refractivity contribution is 5.81. The summed E-state index contributed by atoms with van der Waals surface area (Å²) in [5, 5.41) is 0. The maximum absolute atomic E-state index is 12.4. The minimum atomic E-state index is -0.409. The Labute approximate surface area is 121 Å². The van der Waals surface area contributed by atoms with Crippen LogP contribution < -0.4 is 4.74 Å². The summed E-state index contributed by atoms with van der Waals surface area (Å²) in [6.45, 7) is 7.89. The molecule has 1 aliphatic rings. The highest BCUT2D eigenvalue weighted by Crippen LogP contribution is 2.21.